The van der Waals surface area contributed by atoms with Crippen LogP contribution in [0.1, 0.15) is 40.7 Å². The molecule has 0 bridgehead atoms. The van der Waals surface area contributed by atoms with Gasteiger partial charge in [0, 0.05) is 38.5 Å². The van der Waals surface area contributed by atoms with Crippen molar-refractivity contribution in [1.82, 2.24) is 4.90 Å². The lowest BCUT2D eigenvalue weighted by molar-refractivity contribution is -0.0108. The average Bonchev–Trinajstić information content (AvgIpc) is 2.63. The molecule has 1 spiro atoms. The van der Waals surface area contributed by atoms with Gasteiger partial charge in [-0.3, -0.25) is 9.69 Å². The van der Waals surface area contributed by atoms with E-state index >= 15 is 0 Å². The summed E-state index contributed by atoms with van der Waals surface area (Å²) in [4.78, 5) is 15.1. The second-order valence-corrected chi connectivity index (χ2v) is 7.51. The summed E-state index contributed by atoms with van der Waals surface area (Å²) < 4.78 is 11.6. The van der Waals surface area contributed by atoms with Gasteiger partial charge < -0.3 is 9.47 Å². The largest absolute Gasteiger partial charge is 0.497 e. The van der Waals surface area contributed by atoms with E-state index in [4.69, 9.17) is 9.47 Å². The molecule has 2 heterocycles. The van der Waals surface area contributed by atoms with Crippen molar-refractivity contribution >= 4 is 5.78 Å². The van der Waals surface area contributed by atoms with E-state index in [9.17, 15) is 4.79 Å². The van der Waals surface area contributed by atoms with E-state index in [-0.39, 0.29) is 11.4 Å². The Hall–Kier alpha value is -2.33. The maximum Gasteiger partial charge on any atom is 0.170 e. The Morgan fingerprint density at radius 3 is 2.69 bits per heavy atom. The van der Waals surface area contributed by atoms with Crippen LogP contribution in [0.4, 0.5) is 0 Å². The number of nitrogens with zero attached hydrogens (tertiary/aromatic N) is 1. The zero-order valence-electron chi connectivity index (χ0n) is 15.5. The maximum absolute atomic E-state index is 12.6. The number of methoxy groups -OCH3 is 1. The fourth-order valence-corrected chi connectivity index (χ4v) is 4.07. The predicted octanol–water partition coefficient (Wildman–Crippen LogP) is 4.00. The van der Waals surface area contributed by atoms with Gasteiger partial charge in [0.05, 0.1) is 19.1 Å². The molecule has 2 aromatic rings. The SMILES string of the molecule is COc1ccc2c(c1)OC1(CCN(Cc3cccc(C)c3)CC1)CC2=O. The molecule has 0 N–H and O–H groups in total. The van der Waals surface area contributed by atoms with Crippen molar-refractivity contribution in [3.63, 3.8) is 0 Å². The highest BCUT2D eigenvalue weighted by Gasteiger charge is 2.42. The van der Waals surface area contributed by atoms with Crippen LogP contribution in [-0.4, -0.2) is 36.5 Å². The number of fused-ring (bicyclic) bond motifs is 1. The fourth-order valence-electron chi connectivity index (χ4n) is 4.07. The number of ether oxygens (including phenoxy) is 2. The molecule has 0 saturated carbocycles. The molecule has 1 saturated heterocycles. The van der Waals surface area contributed by atoms with Gasteiger partial charge in [0.2, 0.25) is 0 Å². The number of Topliss-reactive ketones (excluding diaryl/α,β-unsaturated/α-hetero) is 1. The summed E-state index contributed by atoms with van der Waals surface area (Å²) in [7, 11) is 1.63. The number of hydrogen-bond donors (Lipinski definition) is 0. The lowest BCUT2D eigenvalue weighted by atomic mass is 9.82. The molecule has 0 aromatic heterocycles. The van der Waals surface area contributed by atoms with Crippen molar-refractivity contribution in [2.75, 3.05) is 20.2 Å². The molecule has 4 nitrogen and oxygen atoms in total. The maximum atomic E-state index is 12.6. The van der Waals surface area contributed by atoms with Gasteiger partial charge in [-0.2, -0.15) is 0 Å². The predicted molar refractivity (Wildman–Crippen MR) is 101 cm³/mol. The molecule has 0 atom stereocenters. The van der Waals surface area contributed by atoms with E-state index in [1.54, 1.807) is 7.11 Å². The zero-order valence-corrected chi connectivity index (χ0v) is 15.5. The van der Waals surface area contributed by atoms with E-state index in [0.29, 0.717) is 17.7 Å². The Morgan fingerprint density at radius 1 is 1.15 bits per heavy atom. The molecule has 4 heteroatoms. The minimum atomic E-state index is -0.362. The second-order valence-electron chi connectivity index (χ2n) is 7.51. The standard InChI is InChI=1S/C22H25NO3/c1-16-4-3-5-17(12-16)15-23-10-8-22(9-11-23)14-20(24)19-7-6-18(25-2)13-21(19)26-22/h3-7,12-13H,8-11,14-15H2,1-2H3. The first-order valence-electron chi connectivity index (χ1n) is 9.25. The second kappa shape index (κ2) is 6.76. The van der Waals surface area contributed by atoms with E-state index < -0.39 is 0 Å². The summed E-state index contributed by atoms with van der Waals surface area (Å²) in [5.74, 6) is 1.58. The minimum Gasteiger partial charge on any atom is -0.497 e. The van der Waals surface area contributed by atoms with E-state index in [1.165, 1.54) is 11.1 Å². The fraction of sp³-hybridized carbons (Fsp3) is 0.409. The summed E-state index contributed by atoms with van der Waals surface area (Å²) in [6.07, 6.45) is 2.23. The van der Waals surface area contributed by atoms with Crippen LogP contribution in [0.3, 0.4) is 0 Å². The summed E-state index contributed by atoms with van der Waals surface area (Å²) in [6.45, 7) is 4.97. The van der Waals surface area contributed by atoms with Gasteiger partial charge in [-0.15, -0.1) is 0 Å². The number of benzene rings is 2. The normalized spacial score (nSPS) is 19.1. The number of rotatable bonds is 3. The number of carbonyl (C=O) groups is 1. The van der Waals surface area contributed by atoms with Gasteiger partial charge in [-0.05, 0) is 24.6 Å². The van der Waals surface area contributed by atoms with Crippen molar-refractivity contribution in [3.8, 4) is 11.5 Å². The topological polar surface area (TPSA) is 38.8 Å². The Kier molecular flexibility index (Phi) is 4.45. The van der Waals surface area contributed by atoms with Crippen LogP contribution < -0.4 is 9.47 Å². The molecule has 2 aliphatic heterocycles. The number of piperidine rings is 1. The van der Waals surface area contributed by atoms with Crippen molar-refractivity contribution in [1.29, 1.82) is 0 Å². The van der Waals surface area contributed by atoms with Crippen LogP contribution in [0, 0.1) is 6.92 Å². The van der Waals surface area contributed by atoms with Gasteiger partial charge in [0.15, 0.2) is 5.78 Å². The minimum absolute atomic E-state index is 0.182. The van der Waals surface area contributed by atoms with Crippen LogP contribution in [-0.2, 0) is 6.54 Å². The molecule has 4 rings (SSSR count). The van der Waals surface area contributed by atoms with E-state index in [2.05, 4.69) is 36.1 Å². The highest BCUT2D eigenvalue weighted by molar-refractivity contribution is 6.00. The van der Waals surface area contributed by atoms with Crippen LogP contribution in [0.2, 0.25) is 0 Å². The first-order valence-corrected chi connectivity index (χ1v) is 9.25. The Balaban J connectivity index is 1.45. The van der Waals surface area contributed by atoms with Crippen LogP contribution in [0.5, 0.6) is 11.5 Å². The first-order chi connectivity index (χ1) is 12.6. The van der Waals surface area contributed by atoms with Crippen molar-refractivity contribution in [3.05, 3.63) is 59.2 Å². The molecule has 0 unspecified atom stereocenters. The summed E-state index contributed by atoms with van der Waals surface area (Å²) >= 11 is 0. The average molecular weight is 351 g/mol. The molecule has 2 aromatic carbocycles. The lowest BCUT2D eigenvalue weighted by Crippen LogP contribution is -2.50. The third-order valence-electron chi connectivity index (χ3n) is 5.55. The van der Waals surface area contributed by atoms with Crippen LogP contribution in [0.25, 0.3) is 0 Å². The van der Waals surface area contributed by atoms with Crippen molar-refractivity contribution in [2.24, 2.45) is 0 Å². The quantitative estimate of drug-likeness (QED) is 0.838. The summed E-state index contributed by atoms with van der Waals surface area (Å²) in [5, 5.41) is 0. The Morgan fingerprint density at radius 2 is 1.96 bits per heavy atom. The number of hydrogen-bond acceptors (Lipinski definition) is 4. The van der Waals surface area contributed by atoms with E-state index in [1.807, 2.05) is 18.2 Å². The number of carbonyl (C=O) groups excluding carboxylic acids is 1. The third-order valence-corrected chi connectivity index (χ3v) is 5.55. The van der Waals surface area contributed by atoms with Gasteiger partial charge >= 0.3 is 0 Å². The molecule has 136 valence electrons. The van der Waals surface area contributed by atoms with Gasteiger partial charge in [0.1, 0.15) is 17.1 Å². The highest BCUT2D eigenvalue weighted by Crippen LogP contribution is 2.40. The molecule has 0 aliphatic carbocycles. The molecular formula is C22H25NO3. The number of aryl methyl sites for hydroxylation is 1. The zero-order chi connectivity index (χ0) is 18.1. The smallest absolute Gasteiger partial charge is 0.170 e. The molecule has 2 aliphatic rings. The lowest BCUT2D eigenvalue weighted by Gasteiger charge is -2.44. The molecular weight excluding hydrogens is 326 g/mol. The van der Waals surface area contributed by atoms with Crippen molar-refractivity contribution in [2.45, 2.75) is 38.3 Å². The Labute approximate surface area is 154 Å². The first kappa shape index (κ1) is 17.1. The molecule has 0 amide bonds. The van der Waals surface area contributed by atoms with Crippen LogP contribution in [0.15, 0.2) is 42.5 Å². The number of likely N-dealkylation sites (tertiary alicyclic amines) is 1. The van der Waals surface area contributed by atoms with E-state index in [0.717, 1.165) is 38.2 Å². The summed E-state index contributed by atoms with van der Waals surface area (Å²) in [5.41, 5.74) is 2.96. The number of ketones is 1. The van der Waals surface area contributed by atoms with Gasteiger partial charge in [0.25, 0.3) is 0 Å². The van der Waals surface area contributed by atoms with Crippen LogP contribution >= 0.6 is 0 Å². The van der Waals surface area contributed by atoms with Gasteiger partial charge in [-0.25, -0.2) is 0 Å². The Bertz CT molecular complexity index is 822. The molecule has 1 fully saturated rings. The van der Waals surface area contributed by atoms with Gasteiger partial charge in [-0.1, -0.05) is 29.8 Å². The molecule has 0 radical (unpaired) electrons. The third kappa shape index (κ3) is 3.34. The summed E-state index contributed by atoms with van der Waals surface area (Å²) in [6, 6.07) is 14.1. The monoisotopic (exact) mass is 351 g/mol. The van der Waals surface area contributed by atoms with Crippen molar-refractivity contribution < 1.29 is 14.3 Å². The molecule has 26 heavy (non-hydrogen) atoms. The highest BCUT2D eigenvalue weighted by atomic mass is 16.5.